The molecule has 2 N–H and O–H groups in total. The third kappa shape index (κ3) is 5.38. The Kier molecular flexibility index (Phi) is 6.28. The summed E-state index contributed by atoms with van der Waals surface area (Å²) < 4.78 is 5.63. The van der Waals surface area contributed by atoms with Crippen LogP contribution < -0.4 is 15.4 Å². The molecule has 0 aliphatic heterocycles. The van der Waals surface area contributed by atoms with E-state index in [4.69, 9.17) is 17.0 Å². The lowest BCUT2D eigenvalue weighted by atomic mass is 9.71. The Balaban J connectivity index is 1.84. The molecule has 0 heterocycles. The number of para-hydroxylation sites is 2. The van der Waals surface area contributed by atoms with E-state index in [1.807, 2.05) is 31.2 Å². The number of thiocarbonyl (C=S) groups is 1. The summed E-state index contributed by atoms with van der Waals surface area (Å²) in [6, 6.07) is 8.40. The molecule has 0 saturated heterocycles. The molecule has 23 heavy (non-hydrogen) atoms. The zero-order valence-corrected chi connectivity index (χ0v) is 15.6. The third-order valence-corrected chi connectivity index (χ3v) is 4.94. The predicted octanol–water partition coefficient (Wildman–Crippen LogP) is 4.98. The normalized spacial score (nSPS) is 21.6. The van der Waals surface area contributed by atoms with Crippen LogP contribution in [0.25, 0.3) is 0 Å². The van der Waals surface area contributed by atoms with Gasteiger partial charge in [0.2, 0.25) is 0 Å². The second-order valence-corrected chi connectivity index (χ2v) is 7.85. The van der Waals surface area contributed by atoms with Crippen LogP contribution in [0.2, 0.25) is 0 Å². The second kappa shape index (κ2) is 8.00. The molecular weight excluding hydrogens is 304 g/mol. The maximum Gasteiger partial charge on any atom is 0.171 e. The van der Waals surface area contributed by atoms with Gasteiger partial charge in [0, 0.05) is 6.04 Å². The number of ether oxygens (including phenoxy) is 1. The molecule has 4 heteroatoms. The van der Waals surface area contributed by atoms with Gasteiger partial charge in [0.25, 0.3) is 0 Å². The summed E-state index contributed by atoms with van der Waals surface area (Å²) in [7, 11) is 0. The average Bonchev–Trinajstić information content (AvgIpc) is 2.49. The number of anilines is 1. The SMILES string of the molecule is CCOc1ccccc1NC(=S)NC1CCC(C(C)(C)C)CC1. The maximum absolute atomic E-state index is 5.63. The van der Waals surface area contributed by atoms with Crippen molar-refractivity contribution in [1.29, 1.82) is 0 Å². The molecule has 1 aliphatic carbocycles. The predicted molar refractivity (Wildman–Crippen MR) is 102 cm³/mol. The van der Waals surface area contributed by atoms with Gasteiger partial charge in [0.05, 0.1) is 12.3 Å². The summed E-state index contributed by atoms with van der Waals surface area (Å²) in [5.74, 6) is 1.66. The van der Waals surface area contributed by atoms with E-state index in [2.05, 4.69) is 31.4 Å². The number of benzene rings is 1. The van der Waals surface area contributed by atoms with Crippen LogP contribution in [0.5, 0.6) is 5.75 Å². The lowest BCUT2D eigenvalue weighted by Gasteiger charge is -2.37. The molecule has 1 aromatic rings. The standard InChI is InChI=1S/C19H30N2OS/c1-5-22-17-9-7-6-8-16(17)21-18(23)20-15-12-10-14(11-13-15)19(2,3)4/h6-9,14-15H,5,10-13H2,1-4H3,(H2,20,21,23). The zero-order valence-electron chi connectivity index (χ0n) is 14.8. The van der Waals surface area contributed by atoms with Gasteiger partial charge < -0.3 is 15.4 Å². The van der Waals surface area contributed by atoms with Crippen LogP contribution >= 0.6 is 12.2 Å². The minimum Gasteiger partial charge on any atom is -0.492 e. The van der Waals surface area contributed by atoms with Crippen LogP contribution in [0.1, 0.15) is 53.4 Å². The molecule has 0 bridgehead atoms. The molecule has 0 aromatic heterocycles. The second-order valence-electron chi connectivity index (χ2n) is 7.44. The Morgan fingerprint density at radius 3 is 2.43 bits per heavy atom. The van der Waals surface area contributed by atoms with E-state index in [0.717, 1.165) is 17.4 Å². The Morgan fingerprint density at radius 1 is 1.17 bits per heavy atom. The van der Waals surface area contributed by atoms with Crippen molar-refractivity contribution in [2.45, 2.75) is 59.4 Å². The van der Waals surface area contributed by atoms with E-state index in [1.54, 1.807) is 0 Å². The van der Waals surface area contributed by atoms with Crippen LogP contribution in [0.3, 0.4) is 0 Å². The van der Waals surface area contributed by atoms with Gasteiger partial charge in [-0.15, -0.1) is 0 Å². The lowest BCUT2D eigenvalue weighted by Crippen LogP contribution is -2.41. The molecular formula is C19H30N2OS. The van der Waals surface area contributed by atoms with Gasteiger partial charge >= 0.3 is 0 Å². The van der Waals surface area contributed by atoms with Gasteiger partial charge in [-0.25, -0.2) is 0 Å². The molecule has 0 radical (unpaired) electrons. The average molecular weight is 335 g/mol. The van der Waals surface area contributed by atoms with Crippen molar-refractivity contribution in [2.24, 2.45) is 11.3 Å². The lowest BCUT2D eigenvalue weighted by molar-refractivity contribution is 0.166. The molecule has 1 saturated carbocycles. The van der Waals surface area contributed by atoms with E-state index in [-0.39, 0.29) is 0 Å². The molecule has 128 valence electrons. The highest BCUT2D eigenvalue weighted by atomic mass is 32.1. The highest BCUT2D eigenvalue weighted by Crippen LogP contribution is 2.37. The highest BCUT2D eigenvalue weighted by molar-refractivity contribution is 7.80. The van der Waals surface area contributed by atoms with Gasteiger partial charge in [0.15, 0.2) is 5.11 Å². The Bertz CT molecular complexity index is 516. The van der Waals surface area contributed by atoms with E-state index >= 15 is 0 Å². The van der Waals surface area contributed by atoms with E-state index in [0.29, 0.717) is 23.2 Å². The molecule has 1 aromatic carbocycles. The van der Waals surface area contributed by atoms with E-state index < -0.39 is 0 Å². The Morgan fingerprint density at radius 2 is 1.83 bits per heavy atom. The first-order chi connectivity index (χ1) is 10.9. The van der Waals surface area contributed by atoms with Crippen LogP contribution in [0.15, 0.2) is 24.3 Å². The Labute approximate surface area is 146 Å². The first-order valence-electron chi connectivity index (χ1n) is 8.69. The molecule has 2 rings (SSSR count). The fourth-order valence-corrected chi connectivity index (χ4v) is 3.58. The van der Waals surface area contributed by atoms with Crippen molar-refractivity contribution < 1.29 is 4.74 Å². The van der Waals surface area contributed by atoms with Gasteiger partial charge in [0.1, 0.15) is 5.75 Å². The van der Waals surface area contributed by atoms with Gasteiger partial charge in [-0.3, -0.25) is 0 Å². The third-order valence-electron chi connectivity index (χ3n) is 4.72. The van der Waals surface area contributed by atoms with Crippen molar-refractivity contribution in [3.63, 3.8) is 0 Å². The highest BCUT2D eigenvalue weighted by Gasteiger charge is 2.29. The van der Waals surface area contributed by atoms with Crippen LogP contribution in [-0.4, -0.2) is 17.8 Å². The first-order valence-corrected chi connectivity index (χ1v) is 9.10. The summed E-state index contributed by atoms with van der Waals surface area (Å²) >= 11 is 5.49. The van der Waals surface area contributed by atoms with Crippen molar-refractivity contribution in [3.8, 4) is 5.75 Å². The fraction of sp³-hybridized carbons (Fsp3) is 0.632. The smallest absolute Gasteiger partial charge is 0.171 e. The zero-order chi connectivity index (χ0) is 16.9. The van der Waals surface area contributed by atoms with E-state index in [9.17, 15) is 0 Å². The Hall–Kier alpha value is -1.29. The molecule has 1 aliphatic rings. The monoisotopic (exact) mass is 334 g/mol. The number of hydrogen-bond acceptors (Lipinski definition) is 2. The fourth-order valence-electron chi connectivity index (χ4n) is 3.30. The minimum absolute atomic E-state index is 0.417. The van der Waals surface area contributed by atoms with E-state index in [1.165, 1.54) is 25.7 Å². The van der Waals surface area contributed by atoms with Gasteiger partial charge in [-0.2, -0.15) is 0 Å². The topological polar surface area (TPSA) is 33.3 Å². The summed E-state index contributed by atoms with van der Waals surface area (Å²) in [6.45, 7) is 9.68. The summed E-state index contributed by atoms with van der Waals surface area (Å²) in [5, 5.41) is 7.44. The molecule has 0 amide bonds. The van der Waals surface area contributed by atoms with Gasteiger partial charge in [-0.05, 0) is 68.3 Å². The van der Waals surface area contributed by atoms with Crippen LogP contribution in [-0.2, 0) is 0 Å². The quantitative estimate of drug-likeness (QED) is 0.761. The molecule has 3 nitrogen and oxygen atoms in total. The van der Waals surface area contributed by atoms with Crippen molar-refractivity contribution >= 4 is 23.0 Å². The van der Waals surface area contributed by atoms with Crippen LogP contribution in [0, 0.1) is 11.3 Å². The van der Waals surface area contributed by atoms with Crippen molar-refractivity contribution in [3.05, 3.63) is 24.3 Å². The number of nitrogens with one attached hydrogen (secondary N) is 2. The molecule has 0 atom stereocenters. The molecule has 0 spiro atoms. The largest absolute Gasteiger partial charge is 0.492 e. The number of rotatable bonds is 4. The number of hydrogen-bond donors (Lipinski definition) is 2. The van der Waals surface area contributed by atoms with Crippen molar-refractivity contribution in [1.82, 2.24) is 5.32 Å². The van der Waals surface area contributed by atoms with Gasteiger partial charge in [-0.1, -0.05) is 32.9 Å². The summed E-state index contributed by atoms with van der Waals surface area (Å²) in [4.78, 5) is 0. The summed E-state index contributed by atoms with van der Waals surface area (Å²) in [5.41, 5.74) is 1.34. The first kappa shape index (κ1) is 18.1. The van der Waals surface area contributed by atoms with Crippen LogP contribution in [0.4, 0.5) is 5.69 Å². The van der Waals surface area contributed by atoms with Crippen molar-refractivity contribution in [2.75, 3.05) is 11.9 Å². The molecule has 0 unspecified atom stereocenters. The summed E-state index contributed by atoms with van der Waals surface area (Å²) in [6.07, 6.45) is 4.94. The molecule has 1 fully saturated rings. The minimum atomic E-state index is 0.417. The maximum atomic E-state index is 5.63.